The monoisotopic (exact) mass is 475 g/mol. The van der Waals surface area contributed by atoms with E-state index >= 15 is 0 Å². The fraction of sp³-hybridized carbons (Fsp3) is 0.464. The number of likely N-dealkylation sites (tertiary alicyclic amines) is 1. The van der Waals surface area contributed by atoms with Crippen LogP contribution in [0.25, 0.3) is 0 Å². The standard InChI is InChI=1S/C28H33N3O4/c1-19-4-2-12-30(16-19)17-21-8-6-20(7-9-21)15-29-26(32)22-10-11-24-25(14-22)28(34)31(27(24)33)18-23-5-3-13-35-23/h6-11,14,19,23H,2-5,12-13,15-18H2,1H3,(H,29,32). The van der Waals surface area contributed by atoms with Gasteiger partial charge in [0, 0.05) is 31.8 Å². The quantitative estimate of drug-likeness (QED) is 0.619. The Labute approximate surface area is 206 Å². The van der Waals surface area contributed by atoms with Gasteiger partial charge in [-0.15, -0.1) is 0 Å². The van der Waals surface area contributed by atoms with Crippen LogP contribution < -0.4 is 5.32 Å². The van der Waals surface area contributed by atoms with E-state index in [4.69, 9.17) is 4.74 Å². The number of fused-ring (bicyclic) bond motifs is 1. The molecule has 0 radical (unpaired) electrons. The van der Waals surface area contributed by atoms with E-state index in [9.17, 15) is 14.4 Å². The van der Waals surface area contributed by atoms with E-state index in [-0.39, 0.29) is 35.9 Å². The van der Waals surface area contributed by atoms with Crippen molar-refractivity contribution < 1.29 is 19.1 Å². The van der Waals surface area contributed by atoms with Crippen LogP contribution in [0.2, 0.25) is 0 Å². The van der Waals surface area contributed by atoms with E-state index in [0.717, 1.165) is 44.0 Å². The third-order valence-electron chi connectivity index (χ3n) is 7.27. The van der Waals surface area contributed by atoms with Crippen LogP contribution in [0.1, 0.15) is 74.8 Å². The molecule has 3 heterocycles. The van der Waals surface area contributed by atoms with Crippen molar-refractivity contribution in [2.24, 2.45) is 5.92 Å². The third-order valence-corrected chi connectivity index (χ3v) is 7.27. The number of amides is 3. The van der Waals surface area contributed by atoms with Gasteiger partial charge in [-0.25, -0.2) is 0 Å². The fourth-order valence-electron chi connectivity index (χ4n) is 5.33. The van der Waals surface area contributed by atoms with E-state index in [1.807, 2.05) is 0 Å². The van der Waals surface area contributed by atoms with E-state index < -0.39 is 0 Å². The first kappa shape index (κ1) is 23.7. The lowest BCUT2D eigenvalue weighted by molar-refractivity contribution is 0.0475. The molecule has 5 rings (SSSR count). The molecule has 0 saturated carbocycles. The van der Waals surface area contributed by atoms with Crippen molar-refractivity contribution in [1.82, 2.24) is 15.1 Å². The second kappa shape index (κ2) is 10.3. The Morgan fingerprint density at radius 3 is 2.51 bits per heavy atom. The minimum atomic E-state index is -0.353. The summed E-state index contributed by atoms with van der Waals surface area (Å²) in [6, 6.07) is 13.1. The summed E-state index contributed by atoms with van der Waals surface area (Å²) in [5.74, 6) is -0.173. The number of ether oxygens (including phenoxy) is 1. The lowest BCUT2D eigenvalue weighted by atomic mass is 9.99. The van der Waals surface area contributed by atoms with Crippen LogP contribution in [0, 0.1) is 5.92 Å². The van der Waals surface area contributed by atoms with Gasteiger partial charge in [0.2, 0.25) is 0 Å². The Morgan fingerprint density at radius 2 is 1.77 bits per heavy atom. The van der Waals surface area contributed by atoms with Crippen LogP contribution in [-0.2, 0) is 17.8 Å². The second-order valence-corrected chi connectivity index (χ2v) is 10.1. The molecule has 2 aromatic carbocycles. The van der Waals surface area contributed by atoms with E-state index in [1.165, 1.54) is 29.4 Å². The van der Waals surface area contributed by atoms with Crippen molar-refractivity contribution in [3.8, 4) is 0 Å². The van der Waals surface area contributed by atoms with Crippen LogP contribution in [0.3, 0.4) is 0 Å². The normalized spacial score (nSPS) is 22.5. The Hall–Kier alpha value is -3.03. The lowest BCUT2D eigenvalue weighted by Crippen LogP contribution is -2.36. The van der Waals surface area contributed by atoms with Crippen LogP contribution in [-0.4, -0.2) is 59.9 Å². The number of imide groups is 1. The summed E-state index contributed by atoms with van der Waals surface area (Å²) in [5.41, 5.74) is 3.31. The molecule has 3 aliphatic heterocycles. The van der Waals surface area contributed by atoms with Crippen molar-refractivity contribution in [3.05, 3.63) is 70.3 Å². The van der Waals surface area contributed by atoms with Gasteiger partial charge in [-0.3, -0.25) is 24.2 Å². The van der Waals surface area contributed by atoms with Crippen molar-refractivity contribution in [1.29, 1.82) is 0 Å². The molecule has 0 aliphatic carbocycles. The number of nitrogens with one attached hydrogen (secondary N) is 1. The molecule has 7 heteroatoms. The van der Waals surface area contributed by atoms with Crippen LogP contribution in [0.15, 0.2) is 42.5 Å². The summed E-state index contributed by atoms with van der Waals surface area (Å²) < 4.78 is 5.58. The molecule has 2 unspecified atom stereocenters. The van der Waals surface area contributed by atoms with Crippen LogP contribution in [0.4, 0.5) is 0 Å². The van der Waals surface area contributed by atoms with Crippen molar-refractivity contribution in [3.63, 3.8) is 0 Å². The number of carbonyl (C=O) groups is 3. The molecule has 184 valence electrons. The largest absolute Gasteiger partial charge is 0.376 e. The van der Waals surface area contributed by atoms with Crippen LogP contribution >= 0.6 is 0 Å². The molecule has 2 saturated heterocycles. The zero-order valence-corrected chi connectivity index (χ0v) is 20.3. The molecule has 3 aliphatic rings. The summed E-state index contributed by atoms with van der Waals surface area (Å²) in [7, 11) is 0. The molecule has 2 atom stereocenters. The highest BCUT2D eigenvalue weighted by atomic mass is 16.5. The Kier molecular flexibility index (Phi) is 6.97. The maximum absolute atomic E-state index is 12.9. The Balaban J connectivity index is 1.17. The van der Waals surface area contributed by atoms with Gasteiger partial charge in [-0.05, 0) is 67.5 Å². The predicted octanol–water partition coefficient (Wildman–Crippen LogP) is 3.62. The smallest absolute Gasteiger partial charge is 0.261 e. The van der Waals surface area contributed by atoms with Gasteiger partial charge < -0.3 is 10.1 Å². The van der Waals surface area contributed by atoms with Crippen molar-refractivity contribution in [2.75, 3.05) is 26.2 Å². The molecule has 0 bridgehead atoms. The zero-order chi connectivity index (χ0) is 24.4. The number of carbonyl (C=O) groups excluding carboxylic acids is 3. The molecule has 0 aromatic heterocycles. The fourth-order valence-corrected chi connectivity index (χ4v) is 5.33. The highest BCUT2D eigenvalue weighted by molar-refractivity contribution is 6.22. The first-order valence-corrected chi connectivity index (χ1v) is 12.7. The average molecular weight is 476 g/mol. The van der Waals surface area contributed by atoms with Gasteiger partial charge in [0.25, 0.3) is 17.7 Å². The number of hydrogen-bond acceptors (Lipinski definition) is 5. The molecule has 2 aromatic rings. The maximum Gasteiger partial charge on any atom is 0.261 e. The van der Waals surface area contributed by atoms with Crippen molar-refractivity contribution >= 4 is 17.7 Å². The highest BCUT2D eigenvalue weighted by Crippen LogP contribution is 2.26. The molecular weight excluding hydrogens is 442 g/mol. The summed E-state index contributed by atoms with van der Waals surface area (Å²) >= 11 is 0. The minimum absolute atomic E-state index is 0.102. The first-order chi connectivity index (χ1) is 17.0. The number of rotatable bonds is 7. The minimum Gasteiger partial charge on any atom is -0.376 e. The molecule has 3 amide bonds. The summed E-state index contributed by atoms with van der Waals surface area (Å²) in [6.45, 7) is 6.91. The SMILES string of the molecule is CC1CCCN(Cc2ccc(CNC(=O)c3ccc4c(c3)C(=O)N(CC3CCCO3)C4=O)cc2)C1. The molecule has 1 N–H and O–H groups in total. The highest BCUT2D eigenvalue weighted by Gasteiger charge is 2.38. The average Bonchev–Trinajstić information content (AvgIpc) is 3.46. The first-order valence-electron chi connectivity index (χ1n) is 12.7. The summed E-state index contributed by atoms with van der Waals surface area (Å²) in [4.78, 5) is 42.1. The lowest BCUT2D eigenvalue weighted by Gasteiger charge is -2.30. The number of nitrogens with zero attached hydrogens (tertiary/aromatic N) is 2. The van der Waals surface area contributed by atoms with Gasteiger partial charge >= 0.3 is 0 Å². The number of piperidine rings is 1. The van der Waals surface area contributed by atoms with E-state index in [0.29, 0.717) is 24.3 Å². The van der Waals surface area contributed by atoms with Gasteiger partial charge in [0.15, 0.2) is 0 Å². The number of benzene rings is 2. The molecule has 35 heavy (non-hydrogen) atoms. The molecular formula is C28H33N3O4. The molecule has 2 fully saturated rings. The van der Waals surface area contributed by atoms with Gasteiger partial charge in [-0.1, -0.05) is 31.2 Å². The van der Waals surface area contributed by atoms with E-state index in [2.05, 4.69) is 41.4 Å². The molecule has 0 spiro atoms. The molecule has 7 nitrogen and oxygen atoms in total. The summed E-state index contributed by atoms with van der Waals surface area (Å²) in [5, 5.41) is 2.93. The van der Waals surface area contributed by atoms with Gasteiger partial charge in [0.1, 0.15) is 0 Å². The third kappa shape index (κ3) is 5.31. The second-order valence-electron chi connectivity index (χ2n) is 10.1. The van der Waals surface area contributed by atoms with Gasteiger partial charge in [-0.2, -0.15) is 0 Å². The topological polar surface area (TPSA) is 79.0 Å². The van der Waals surface area contributed by atoms with Crippen LogP contribution in [0.5, 0.6) is 0 Å². The summed E-state index contributed by atoms with van der Waals surface area (Å²) in [6.07, 6.45) is 4.27. The Morgan fingerprint density at radius 1 is 1.00 bits per heavy atom. The maximum atomic E-state index is 12.9. The van der Waals surface area contributed by atoms with E-state index in [1.54, 1.807) is 12.1 Å². The number of hydrogen-bond donors (Lipinski definition) is 1. The Bertz CT molecular complexity index is 1110. The van der Waals surface area contributed by atoms with Crippen molar-refractivity contribution in [2.45, 2.75) is 51.8 Å². The zero-order valence-electron chi connectivity index (χ0n) is 20.3. The van der Waals surface area contributed by atoms with Gasteiger partial charge in [0.05, 0.1) is 23.8 Å². The predicted molar refractivity (Wildman–Crippen MR) is 132 cm³/mol.